The topological polar surface area (TPSA) is 114 Å². The Labute approximate surface area is 213 Å². The summed E-state index contributed by atoms with van der Waals surface area (Å²) < 4.78 is 42.1. The van der Waals surface area contributed by atoms with Crippen LogP contribution < -0.4 is 23.8 Å². The highest BCUT2D eigenvalue weighted by molar-refractivity contribution is 7.92. The van der Waals surface area contributed by atoms with E-state index < -0.39 is 28.5 Å². The molecule has 0 bridgehead atoms. The lowest BCUT2D eigenvalue weighted by atomic mass is 10.1. The number of nitrogens with one attached hydrogen (secondary N) is 1. The zero-order valence-electron chi connectivity index (χ0n) is 21.6. The molecule has 0 aliphatic heterocycles. The SMILES string of the molecule is CCCNC(=O)C(C)N(Cc1ccc(OC)cc1)C(=O)CN(c1ccc(OC)c(OC)c1)S(C)(=O)=O. The lowest BCUT2D eigenvalue weighted by Crippen LogP contribution is -2.51. The molecule has 1 atom stereocenters. The third-order valence-electron chi connectivity index (χ3n) is 5.56. The molecule has 2 rings (SSSR count). The highest BCUT2D eigenvalue weighted by Gasteiger charge is 2.30. The molecule has 2 amide bonds. The van der Waals surface area contributed by atoms with E-state index in [1.165, 1.54) is 31.3 Å². The van der Waals surface area contributed by atoms with Crippen molar-refractivity contribution in [3.63, 3.8) is 0 Å². The van der Waals surface area contributed by atoms with Gasteiger partial charge in [0.2, 0.25) is 21.8 Å². The molecule has 10 nitrogen and oxygen atoms in total. The van der Waals surface area contributed by atoms with Gasteiger partial charge in [0.05, 0.1) is 33.3 Å². The molecule has 36 heavy (non-hydrogen) atoms. The molecule has 1 unspecified atom stereocenters. The summed E-state index contributed by atoms with van der Waals surface area (Å²) in [5.41, 5.74) is 0.993. The van der Waals surface area contributed by atoms with E-state index in [4.69, 9.17) is 14.2 Å². The molecule has 2 aromatic rings. The molecule has 0 saturated heterocycles. The maximum absolute atomic E-state index is 13.6. The Morgan fingerprint density at radius 3 is 2.14 bits per heavy atom. The van der Waals surface area contributed by atoms with Gasteiger partial charge in [-0.3, -0.25) is 13.9 Å². The predicted molar refractivity (Wildman–Crippen MR) is 138 cm³/mol. The Morgan fingerprint density at radius 2 is 1.61 bits per heavy atom. The summed E-state index contributed by atoms with van der Waals surface area (Å²) in [6.07, 6.45) is 1.76. The van der Waals surface area contributed by atoms with Gasteiger partial charge >= 0.3 is 0 Å². The third-order valence-corrected chi connectivity index (χ3v) is 6.70. The first-order valence-corrected chi connectivity index (χ1v) is 13.3. The van der Waals surface area contributed by atoms with Crippen molar-refractivity contribution in [3.05, 3.63) is 48.0 Å². The number of carbonyl (C=O) groups excluding carboxylic acids is 2. The molecular weight excluding hydrogens is 486 g/mol. The highest BCUT2D eigenvalue weighted by Crippen LogP contribution is 2.32. The van der Waals surface area contributed by atoms with E-state index in [1.54, 1.807) is 44.4 Å². The first kappa shape index (κ1) is 28.8. The maximum atomic E-state index is 13.6. The summed E-state index contributed by atoms with van der Waals surface area (Å²) in [6.45, 7) is 3.61. The standard InChI is InChI=1S/C25H35N3O7S/c1-7-14-26-25(30)18(2)27(16-19-8-11-21(33-3)12-9-19)24(29)17-28(36(6,31)32)20-10-13-22(34-4)23(15-20)35-5/h8-13,15,18H,7,14,16-17H2,1-6H3,(H,26,30). The first-order valence-electron chi connectivity index (χ1n) is 11.5. The molecular formula is C25H35N3O7S. The number of rotatable bonds is 13. The number of hydrogen-bond acceptors (Lipinski definition) is 7. The molecule has 0 aromatic heterocycles. The minimum atomic E-state index is -3.86. The molecule has 0 aliphatic rings. The zero-order valence-corrected chi connectivity index (χ0v) is 22.4. The van der Waals surface area contributed by atoms with Gasteiger partial charge in [-0.2, -0.15) is 0 Å². The van der Waals surface area contributed by atoms with Crippen LogP contribution in [0.5, 0.6) is 17.2 Å². The van der Waals surface area contributed by atoms with Crippen LogP contribution in [0.25, 0.3) is 0 Å². The van der Waals surface area contributed by atoms with Crippen molar-refractivity contribution >= 4 is 27.5 Å². The zero-order chi connectivity index (χ0) is 26.9. The van der Waals surface area contributed by atoms with E-state index in [0.717, 1.165) is 22.5 Å². The van der Waals surface area contributed by atoms with E-state index in [2.05, 4.69) is 5.32 Å². The van der Waals surface area contributed by atoms with Crippen LogP contribution in [0.15, 0.2) is 42.5 Å². The van der Waals surface area contributed by atoms with Crippen LogP contribution in [0.3, 0.4) is 0 Å². The van der Waals surface area contributed by atoms with E-state index in [1.807, 2.05) is 6.92 Å². The number of hydrogen-bond donors (Lipinski definition) is 1. The number of methoxy groups -OCH3 is 3. The number of anilines is 1. The van der Waals surface area contributed by atoms with E-state index in [9.17, 15) is 18.0 Å². The Bertz CT molecular complexity index is 1140. The Kier molecular flexibility index (Phi) is 10.4. The Morgan fingerprint density at radius 1 is 0.972 bits per heavy atom. The molecule has 0 radical (unpaired) electrons. The average Bonchev–Trinajstić information content (AvgIpc) is 2.87. The molecule has 1 N–H and O–H groups in total. The molecule has 2 aromatic carbocycles. The van der Waals surface area contributed by atoms with Crippen molar-refractivity contribution in [2.45, 2.75) is 32.9 Å². The van der Waals surface area contributed by atoms with Gasteiger partial charge in [-0.25, -0.2) is 8.42 Å². The number of sulfonamides is 1. The van der Waals surface area contributed by atoms with Crippen LogP contribution in [-0.2, 0) is 26.2 Å². The molecule has 0 heterocycles. The fourth-order valence-corrected chi connectivity index (χ4v) is 4.34. The quantitative estimate of drug-likeness (QED) is 0.431. The lowest BCUT2D eigenvalue weighted by molar-refractivity contribution is -0.139. The van der Waals surface area contributed by atoms with Crippen LogP contribution in [0.2, 0.25) is 0 Å². The largest absolute Gasteiger partial charge is 0.497 e. The van der Waals surface area contributed by atoms with Crippen LogP contribution in [0.1, 0.15) is 25.8 Å². The number of ether oxygens (including phenoxy) is 3. The summed E-state index contributed by atoms with van der Waals surface area (Å²) in [5, 5.41) is 2.80. The monoisotopic (exact) mass is 521 g/mol. The van der Waals surface area contributed by atoms with Gasteiger partial charge in [0.1, 0.15) is 18.3 Å². The summed E-state index contributed by atoms with van der Waals surface area (Å²) in [7, 11) is 0.599. The molecule has 0 fully saturated rings. The Hall–Kier alpha value is -3.47. The van der Waals surface area contributed by atoms with E-state index in [-0.39, 0.29) is 18.1 Å². The maximum Gasteiger partial charge on any atom is 0.244 e. The van der Waals surface area contributed by atoms with Gasteiger partial charge in [0.15, 0.2) is 11.5 Å². The van der Waals surface area contributed by atoms with E-state index in [0.29, 0.717) is 23.8 Å². The fraction of sp³-hybridized carbons (Fsp3) is 0.440. The van der Waals surface area contributed by atoms with Gasteiger partial charge in [-0.1, -0.05) is 19.1 Å². The van der Waals surface area contributed by atoms with Gasteiger partial charge in [0.25, 0.3) is 0 Å². The third kappa shape index (κ3) is 7.51. The van der Waals surface area contributed by atoms with Crippen LogP contribution in [0, 0.1) is 0 Å². The van der Waals surface area contributed by atoms with Gasteiger partial charge < -0.3 is 24.4 Å². The second-order valence-corrected chi connectivity index (χ2v) is 10.1. The summed E-state index contributed by atoms with van der Waals surface area (Å²) in [5.74, 6) is 0.532. The first-order chi connectivity index (χ1) is 17.0. The van der Waals surface area contributed by atoms with Crippen LogP contribution in [-0.4, -0.2) is 71.8 Å². The second-order valence-electron chi connectivity index (χ2n) is 8.15. The van der Waals surface area contributed by atoms with E-state index >= 15 is 0 Å². The van der Waals surface area contributed by atoms with Gasteiger partial charge in [-0.05, 0) is 43.2 Å². The van der Waals surface area contributed by atoms with Crippen molar-refractivity contribution < 1.29 is 32.2 Å². The minimum absolute atomic E-state index is 0.104. The normalized spacial score (nSPS) is 11.8. The summed E-state index contributed by atoms with van der Waals surface area (Å²) in [6, 6.07) is 10.8. The lowest BCUT2D eigenvalue weighted by Gasteiger charge is -2.31. The minimum Gasteiger partial charge on any atom is -0.497 e. The summed E-state index contributed by atoms with van der Waals surface area (Å²) >= 11 is 0. The average molecular weight is 522 g/mol. The van der Waals surface area contributed by atoms with Gasteiger partial charge in [0, 0.05) is 19.2 Å². The highest BCUT2D eigenvalue weighted by atomic mass is 32.2. The van der Waals surface area contributed by atoms with Crippen molar-refractivity contribution in [1.82, 2.24) is 10.2 Å². The van der Waals surface area contributed by atoms with Crippen LogP contribution in [0.4, 0.5) is 5.69 Å². The number of carbonyl (C=O) groups is 2. The molecule has 0 saturated carbocycles. The Balaban J connectivity index is 2.41. The molecule has 11 heteroatoms. The van der Waals surface area contributed by atoms with Gasteiger partial charge in [-0.15, -0.1) is 0 Å². The fourth-order valence-electron chi connectivity index (χ4n) is 3.50. The van der Waals surface area contributed by atoms with Crippen molar-refractivity contribution in [1.29, 1.82) is 0 Å². The number of amides is 2. The van der Waals surface area contributed by atoms with Crippen molar-refractivity contribution in [3.8, 4) is 17.2 Å². The second kappa shape index (κ2) is 13.0. The van der Waals surface area contributed by atoms with Crippen LogP contribution >= 0.6 is 0 Å². The van der Waals surface area contributed by atoms with Crippen molar-refractivity contribution in [2.24, 2.45) is 0 Å². The van der Waals surface area contributed by atoms with Crippen molar-refractivity contribution in [2.75, 3.05) is 45.0 Å². The molecule has 0 aliphatic carbocycles. The summed E-state index contributed by atoms with van der Waals surface area (Å²) in [4.78, 5) is 27.7. The smallest absolute Gasteiger partial charge is 0.244 e. The predicted octanol–water partition coefficient (Wildman–Crippen LogP) is 2.42. The molecule has 198 valence electrons. The molecule has 0 spiro atoms. The number of nitrogens with zero attached hydrogens (tertiary/aromatic N) is 2. The number of benzene rings is 2.